The van der Waals surface area contributed by atoms with Crippen molar-refractivity contribution in [2.45, 2.75) is 39.0 Å². The van der Waals surface area contributed by atoms with Gasteiger partial charge in [-0.25, -0.2) is 0 Å². The zero-order valence-corrected chi connectivity index (χ0v) is 13.2. The van der Waals surface area contributed by atoms with Crippen LogP contribution in [0.25, 0.3) is 0 Å². The van der Waals surface area contributed by atoms with Gasteiger partial charge in [-0.1, -0.05) is 45.0 Å². The van der Waals surface area contributed by atoms with Crippen LogP contribution < -0.4 is 10.5 Å². The van der Waals surface area contributed by atoms with Crippen molar-refractivity contribution >= 4 is 5.69 Å². The second-order valence-electron chi connectivity index (χ2n) is 6.47. The summed E-state index contributed by atoms with van der Waals surface area (Å²) in [6.07, 6.45) is 1.98. The van der Waals surface area contributed by atoms with Gasteiger partial charge in [0.05, 0.1) is 6.61 Å². The number of aryl methyl sites for hydroxylation is 1. The highest BCUT2D eigenvalue weighted by Gasteiger charge is 2.12. The van der Waals surface area contributed by atoms with Crippen LogP contribution in [0.2, 0.25) is 0 Å². The minimum Gasteiger partial charge on any atom is -0.494 e. The maximum absolute atomic E-state index is 5.79. The molecule has 0 saturated heterocycles. The van der Waals surface area contributed by atoms with E-state index in [2.05, 4.69) is 51.1 Å². The smallest absolute Gasteiger partial charge is 0.119 e. The van der Waals surface area contributed by atoms with E-state index >= 15 is 0 Å². The Bertz CT molecular complexity index is 567. The molecule has 2 aromatic rings. The lowest BCUT2D eigenvalue weighted by molar-refractivity contribution is 0.311. The van der Waals surface area contributed by atoms with E-state index in [1.807, 2.05) is 18.2 Å². The normalized spacial score (nSPS) is 11.4. The second kappa shape index (κ2) is 6.66. The summed E-state index contributed by atoms with van der Waals surface area (Å²) >= 11 is 0. The van der Waals surface area contributed by atoms with E-state index in [-0.39, 0.29) is 5.41 Å². The van der Waals surface area contributed by atoms with Gasteiger partial charge < -0.3 is 10.5 Å². The van der Waals surface area contributed by atoms with Crippen molar-refractivity contribution in [3.8, 4) is 5.75 Å². The van der Waals surface area contributed by atoms with Gasteiger partial charge in [-0.2, -0.15) is 0 Å². The van der Waals surface area contributed by atoms with E-state index in [4.69, 9.17) is 10.5 Å². The fourth-order valence-electron chi connectivity index (χ4n) is 2.27. The largest absolute Gasteiger partial charge is 0.494 e. The average Bonchev–Trinajstić information content (AvgIpc) is 2.43. The molecule has 0 atom stereocenters. The van der Waals surface area contributed by atoms with Gasteiger partial charge in [0, 0.05) is 5.69 Å². The lowest BCUT2D eigenvalue weighted by Crippen LogP contribution is -2.10. The van der Waals surface area contributed by atoms with Crippen molar-refractivity contribution < 1.29 is 4.74 Å². The molecule has 0 fully saturated rings. The number of benzene rings is 2. The van der Waals surface area contributed by atoms with Crippen LogP contribution in [0.1, 0.15) is 38.3 Å². The van der Waals surface area contributed by atoms with Gasteiger partial charge in [0.25, 0.3) is 0 Å². The number of hydrogen-bond acceptors (Lipinski definition) is 2. The molecule has 0 radical (unpaired) electrons. The summed E-state index contributed by atoms with van der Waals surface area (Å²) in [5, 5.41) is 0. The predicted molar refractivity (Wildman–Crippen MR) is 89.8 cm³/mol. The summed E-state index contributed by atoms with van der Waals surface area (Å²) in [6, 6.07) is 16.4. The zero-order valence-electron chi connectivity index (χ0n) is 13.2. The number of hydrogen-bond donors (Lipinski definition) is 1. The van der Waals surface area contributed by atoms with E-state index in [1.165, 1.54) is 11.1 Å². The van der Waals surface area contributed by atoms with E-state index < -0.39 is 0 Å². The summed E-state index contributed by atoms with van der Waals surface area (Å²) in [5.74, 6) is 0.940. The Hall–Kier alpha value is -1.96. The highest BCUT2D eigenvalue weighted by molar-refractivity contribution is 5.40. The number of nitrogens with two attached hydrogens (primary N) is 1. The molecule has 2 heteroatoms. The number of ether oxygens (including phenoxy) is 1. The van der Waals surface area contributed by atoms with E-state index in [1.54, 1.807) is 0 Å². The van der Waals surface area contributed by atoms with Crippen LogP contribution in [0.5, 0.6) is 5.75 Å². The fraction of sp³-hybridized carbons (Fsp3) is 0.368. The molecular formula is C19H25NO. The highest BCUT2D eigenvalue weighted by atomic mass is 16.5. The molecule has 0 saturated carbocycles. The van der Waals surface area contributed by atoms with Crippen LogP contribution in [0.3, 0.4) is 0 Å². The Morgan fingerprint density at radius 3 is 2.33 bits per heavy atom. The minimum absolute atomic E-state index is 0.186. The quantitative estimate of drug-likeness (QED) is 0.644. The lowest BCUT2D eigenvalue weighted by atomic mass is 9.87. The Balaban J connectivity index is 1.79. The monoisotopic (exact) mass is 283 g/mol. The van der Waals surface area contributed by atoms with Crippen LogP contribution in [0.4, 0.5) is 5.69 Å². The van der Waals surface area contributed by atoms with Crippen molar-refractivity contribution in [3.63, 3.8) is 0 Å². The van der Waals surface area contributed by atoms with Crippen molar-refractivity contribution in [1.82, 2.24) is 0 Å². The average molecular weight is 283 g/mol. The molecule has 0 spiro atoms. The predicted octanol–water partition coefficient (Wildman–Crippen LogP) is 4.58. The topological polar surface area (TPSA) is 35.2 Å². The van der Waals surface area contributed by atoms with Gasteiger partial charge >= 0.3 is 0 Å². The molecular weight excluding hydrogens is 258 g/mol. The Morgan fingerprint density at radius 1 is 1.00 bits per heavy atom. The first-order chi connectivity index (χ1) is 9.95. The molecule has 0 amide bonds. The third-order valence-corrected chi connectivity index (χ3v) is 3.55. The third-order valence-electron chi connectivity index (χ3n) is 3.55. The first-order valence-electron chi connectivity index (χ1n) is 7.53. The molecule has 0 aliphatic rings. The Kier molecular flexibility index (Phi) is 4.89. The van der Waals surface area contributed by atoms with Crippen molar-refractivity contribution in [1.29, 1.82) is 0 Å². The number of nitrogen functional groups attached to an aromatic ring is 1. The number of rotatable bonds is 5. The van der Waals surface area contributed by atoms with E-state index in [0.29, 0.717) is 0 Å². The summed E-state index contributed by atoms with van der Waals surface area (Å²) in [4.78, 5) is 0. The third kappa shape index (κ3) is 4.82. The van der Waals surface area contributed by atoms with Crippen LogP contribution in [0, 0.1) is 0 Å². The van der Waals surface area contributed by atoms with Gasteiger partial charge in [-0.05, 0) is 53.6 Å². The maximum atomic E-state index is 5.79. The molecule has 21 heavy (non-hydrogen) atoms. The molecule has 0 aromatic heterocycles. The molecule has 2 N–H and O–H groups in total. The SMILES string of the molecule is CC(C)(C)c1ccc(OCCCc2cccc(N)c2)cc1. The number of anilines is 1. The standard InChI is InChI=1S/C19H25NO/c1-19(2,3)16-9-11-18(12-10-16)21-13-5-7-15-6-4-8-17(20)14-15/h4,6,8-12,14H,5,7,13,20H2,1-3H3. The van der Waals surface area contributed by atoms with Crippen LogP contribution in [-0.2, 0) is 11.8 Å². The molecule has 2 nitrogen and oxygen atoms in total. The molecule has 0 bridgehead atoms. The molecule has 2 rings (SSSR count). The fourth-order valence-corrected chi connectivity index (χ4v) is 2.27. The maximum Gasteiger partial charge on any atom is 0.119 e. The highest BCUT2D eigenvalue weighted by Crippen LogP contribution is 2.24. The molecule has 0 aliphatic carbocycles. The van der Waals surface area contributed by atoms with E-state index in [9.17, 15) is 0 Å². The summed E-state index contributed by atoms with van der Waals surface area (Å²) in [7, 11) is 0. The van der Waals surface area contributed by atoms with Crippen molar-refractivity contribution in [3.05, 3.63) is 59.7 Å². The van der Waals surface area contributed by atoms with Crippen LogP contribution in [-0.4, -0.2) is 6.61 Å². The van der Waals surface area contributed by atoms with Crippen molar-refractivity contribution in [2.75, 3.05) is 12.3 Å². The molecule has 0 heterocycles. The summed E-state index contributed by atoms with van der Waals surface area (Å²) in [6.45, 7) is 7.38. The lowest BCUT2D eigenvalue weighted by Gasteiger charge is -2.19. The summed E-state index contributed by atoms with van der Waals surface area (Å²) in [5.41, 5.74) is 9.38. The van der Waals surface area contributed by atoms with Gasteiger partial charge in [0.1, 0.15) is 5.75 Å². The minimum atomic E-state index is 0.186. The van der Waals surface area contributed by atoms with Gasteiger partial charge in [0.2, 0.25) is 0 Å². The zero-order chi connectivity index (χ0) is 15.3. The molecule has 0 aliphatic heterocycles. The Morgan fingerprint density at radius 2 is 1.71 bits per heavy atom. The van der Waals surface area contributed by atoms with E-state index in [0.717, 1.165) is 30.9 Å². The van der Waals surface area contributed by atoms with Crippen LogP contribution in [0.15, 0.2) is 48.5 Å². The van der Waals surface area contributed by atoms with Gasteiger partial charge in [-0.15, -0.1) is 0 Å². The summed E-state index contributed by atoms with van der Waals surface area (Å²) < 4.78 is 5.79. The Labute approximate surface area is 127 Å². The van der Waals surface area contributed by atoms with Gasteiger partial charge in [0.15, 0.2) is 0 Å². The van der Waals surface area contributed by atoms with Crippen LogP contribution >= 0.6 is 0 Å². The van der Waals surface area contributed by atoms with Gasteiger partial charge in [-0.3, -0.25) is 0 Å². The first kappa shape index (κ1) is 15.4. The molecule has 0 unspecified atom stereocenters. The molecule has 2 aromatic carbocycles. The molecule has 112 valence electrons. The van der Waals surface area contributed by atoms with Crippen molar-refractivity contribution in [2.24, 2.45) is 0 Å². The first-order valence-corrected chi connectivity index (χ1v) is 7.53. The second-order valence-corrected chi connectivity index (χ2v) is 6.47.